The molecule has 0 radical (unpaired) electrons. The van der Waals surface area contributed by atoms with Crippen LogP contribution >= 0.6 is 22.9 Å². The molecule has 0 aliphatic rings. The van der Waals surface area contributed by atoms with Gasteiger partial charge in [0.1, 0.15) is 0 Å². The standard InChI is InChI=1S/C14H15ClN2O2S/c1-17(9-12-5-6-13(15)20-12)8-11-4-3-10(7-16-11)14(18)19-2/h3-7H,8-9H2,1-2H3. The predicted octanol–water partition coefficient (Wildman–Crippen LogP) is 3.22. The molecule has 0 atom stereocenters. The van der Waals surface area contributed by atoms with Crippen LogP contribution in [-0.4, -0.2) is 30.0 Å². The number of rotatable bonds is 5. The number of methoxy groups -OCH3 is 1. The van der Waals surface area contributed by atoms with E-state index >= 15 is 0 Å². The van der Waals surface area contributed by atoms with Gasteiger partial charge in [0.15, 0.2) is 0 Å². The highest BCUT2D eigenvalue weighted by Crippen LogP contribution is 2.22. The molecule has 0 aliphatic heterocycles. The molecule has 0 saturated heterocycles. The van der Waals surface area contributed by atoms with Crippen molar-refractivity contribution >= 4 is 28.9 Å². The van der Waals surface area contributed by atoms with E-state index in [9.17, 15) is 4.79 Å². The van der Waals surface area contributed by atoms with Crippen molar-refractivity contribution in [1.82, 2.24) is 9.88 Å². The highest BCUT2D eigenvalue weighted by molar-refractivity contribution is 7.16. The number of carbonyl (C=O) groups excluding carboxylic acids is 1. The van der Waals surface area contributed by atoms with Gasteiger partial charge in [-0.3, -0.25) is 9.88 Å². The van der Waals surface area contributed by atoms with Crippen LogP contribution in [0.2, 0.25) is 4.34 Å². The maximum Gasteiger partial charge on any atom is 0.339 e. The van der Waals surface area contributed by atoms with Gasteiger partial charge in [0.2, 0.25) is 0 Å². The molecule has 0 spiro atoms. The van der Waals surface area contributed by atoms with Gasteiger partial charge in [-0.1, -0.05) is 11.6 Å². The maximum atomic E-state index is 11.3. The number of hydrogen-bond acceptors (Lipinski definition) is 5. The van der Waals surface area contributed by atoms with E-state index in [0.717, 1.165) is 16.6 Å². The highest BCUT2D eigenvalue weighted by Gasteiger charge is 2.08. The second kappa shape index (κ2) is 6.83. The second-order valence-corrected chi connectivity index (χ2v) is 6.21. The van der Waals surface area contributed by atoms with Gasteiger partial charge in [-0.25, -0.2) is 4.79 Å². The van der Waals surface area contributed by atoms with Gasteiger partial charge in [0.05, 0.1) is 22.7 Å². The average Bonchev–Trinajstić information content (AvgIpc) is 2.84. The van der Waals surface area contributed by atoms with Gasteiger partial charge in [0.25, 0.3) is 0 Å². The molecule has 2 aromatic rings. The SMILES string of the molecule is COC(=O)c1ccc(CN(C)Cc2ccc(Cl)s2)nc1. The highest BCUT2D eigenvalue weighted by atomic mass is 35.5. The van der Waals surface area contributed by atoms with Crippen LogP contribution in [0.3, 0.4) is 0 Å². The van der Waals surface area contributed by atoms with Crippen molar-refractivity contribution in [3.63, 3.8) is 0 Å². The zero-order chi connectivity index (χ0) is 14.5. The van der Waals surface area contributed by atoms with Crippen LogP contribution in [0.15, 0.2) is 30.5 Å². The summed E-state index contributed by atoms with van der Waals surface area (Å²) in [5.41, 5.74) is 1.37. The van der Waals surface area contributed by atoms with Crippen LogP contribution in [0.4, 0.5) is 0 Å². The Morgan fingerprint density at radius 2 is 2.15 bits per heavy atom. The smallest absolute Gasteiger partial charge is 0.339 e. The van der Waals surface area contributed by atoms with Crippen LogP contribution in [0.25, 0.3) is 0 Å². The summed E-state index contributed by atoms with van der Waals surface area (Å²) in [6.07, 6.45) is 1.54. The molecule has 0 unspecified atom stereocenters. The molecule has 2 aromatic heterocycles. The fourth-order valence-electron chi connectivity index (χ4n) is 1.79. The molecule has 20 heavy (non-hydrogen) atoms. The lowest BCUT2D eigenvalue weighted by molar-refractivity contribution is 0.0600. The summed E-state index contributed by atoms with van der Waals surface area (Å²) in [5, 5.41) is 0. The number of carbonyl (C=O) groups is 1. The van der Waals surface area contributed by atoms with E-state index in [0.29, 0.717) is 12.1 Å². The van der Waals surface area contributed by atoms with Crippen molar-refractivity contribution in [3.8, 4) is 0 Å². The molecule has 0 aliphatic carbocycles. The summed E-state index contributed by atoms with van der Waals surface area (Å²) in [6.45, 7) is 1.52. The third kappa shape index (κ3) is 4.03. The first-order valence-corrected chi connectivity index (χ1v) is 7.24. The fraction of sp³-hybridized carbons (Fsp3) is 0.286. The molecule has 0 N–H and O–H groups in total. The minimum atomic E-state index is -0.370. The van der Waals surface area contributed by atoms with Crippen molar-refractivity contribution in [1.29, 1.82) is 0 Å². The molecule has 106 valence electrons. The zero-order valence-electron chi connectivity index (χ0n) is 11.3. The molecule has 0 amide bonds. The van der Waals surface area contributed by atoms with Gasteiger partial charge in [-0.15, -0.1) is 11.3 Å². The molecule has 2 rings (SSSR count). The first kappa shape index (κ1) is 15.0. The molecule has 0 bridgehead atoms. The number of pyridine rings is 1. The van der Waals surface area contributed by atoms with Crippen LogP contribution < -0.4 is 0 Å². The minimum Gasteiger partial charge on any atom is -0.465 e. The summed E-state index contributed by atoms with van der Waals surface area (Å²) in [6, 6.07) is 7.49. The average molecular weight is 311 g/mol. The molecular weight excluding hydrogens is 296 g/mol. The number of halogens is 1. The zero-order valence-corrected chi connectivity index (χ0v) is 12.9. The van der Waals surface area contributed by atoms with Gasteiger partial charge in [-0.2, -0.15) is 0 Å². The number of esters is 1. The lowest BCUT2D eigenvalue weighted by Crippen LogP contribution is -2.17. The Morgan fingerprint density at radius 3 is 2.70 bits per heavy atom. The molecule has 6 heteroatoms. The summed E-state index contributed by atoms with van der Waals surface area (Å²) in [5.74, 6) is -0.370. The third-order valence-corrected chi connectivity index (χ3v) is 3.95. The van der Waals surface area contributed by atoms with E-state index in [1.807, 2.05) is 25.2 Å². The van der Waals surface area contributed by atoms with Crippen molar-refractivity contribution in [3.05, 3.63) is 50.9 Å². The Hall–Kier alpha value is -1.43. The van der Waals surface area contributed by atoms with Crippen molar-refractivity contribution in [2.75, 3.05) is 14.2 Å². The Kier molecular flexibility index (Phi) is 5.11. The van der Waals surface area contributed by atoms with Gasteiger partial charge < -0.3 is 4.74 Å². The molecule has 2 heterocycles. The number of nitrogens with zero attached hydrogens (tertiary/aromatic N) is 2. The predicted molar refractivity (Wildman–Crippen MR) is 80.1 cm³/mol. The lowest BCUT2D eigenvalue weighted by atomic mass is 10.2. The number of thiophene rings is 1. The Labute approximate surface area is 127 Å². The first-order chi connectivity index (χ1) is 9.58. The summed E-state index contributed by atoms with van der Waals surface area (Å²) < 4.78 is 5.44. The van der Waals surface area contributed by atoms with E-state index < -0.39 is 0 Å². The largest absolute Gasteiger partial charge is 0.465 e. The quantitative estimate of drug-likeness (QED) is 0.795. The van der Waals surface area contributed by atoms with Crippen LogP contribution in [0, 0.1) is 0 Å². The summed E-state index contributed by atoms with van der Waals surface area (Å²) >= 11 is 7.49. The van der Waals surface area contributed by atoms with E-state index in [1.54, 1.807) is 17.4 Å². The monoisotopic (exact) mass is 310 g/mol. The Morgan fingerprint density at radius 1 is 1.35 bits per heavy atom. The molecule has 0 saturated carbocycles. The molecule has 4 nitrogen and oxygen atoms in total. The van der Waals surface area contributed by atoms with E-state index in [4.69, 9.17) is 11.6 Å². The number of ether oxygens (including phenoxy) is 1. The van der Waals surface area contributed by atoms with E-state index in [2.05, 4.69) is 14.6 Å². The number of aromatic nitrogens is 1. The third-order valence-electron chi connectivity index (χ3n) is 2.73. The Bertz CT molecular complexity index is 583. The summed E-state index contributed by atoms with van der Waals surface area (Å²) in [4.78, 5) is 18.9. The molecule has 0 aromatic carbocycles. The van der Waals surface area contributed by atoms with Gasteiger partial charge in [0, 0.05) is 24.2 Å². The fourth-order valence-corrected chi connectivity index (χ4v) is 2.96. The van der Waals surface area contributed by atoms with Gasteiger partial charge >= 0.3 is 5.97 Å². The maximum absolute atomic E-state index is 11.3. The lowest BCUT2D eigenvalue weighted by Gasteiger charge is -2.15. The van der Waals surface area contributed by atoms with E-state index in [-0.39, 0.29) is 5.97 Å². The molecule has 0 fully saturated rings. The van der Waals surface area contributed by atoms with Gasteiger partial charge in [-0.05, 0) is 31.3 Å². The van der Waals surface area contributed by atoms with Crippen LogP contribution in [-0.2, 0) is 17.8 Å². The Balaban J connectivity index is 1.94. The summed E-state index contributed by atoms with van der Waals surface area (Å²) in [7, 11) is 3.37. The second-order valence-electron chi connectivity index (χ2n) is 4.41. The number of hydrogen-bond donors (Lipinski definition) is 0. The topological polar surface area (TPSA) is 42.4 Å². The van der Waals surface area contributed by atoms with Crippen molar-refractivity contribution < 1.29 is 9.53 Å². The first-order valence-electron chi connectivity index (χ1n) is 6.04. The molecular formula is C14H15ClN2O2S. The van der Waals surface area contributed by atoms with E-state index in [1.165, 1.54) is 18.2 Å². The van der Waals surface area contributed by atoms with Crippen LogP contribution in [0.5, 0.6) is 0 Å². The van der Waals surface area contributed by atoms with Crippen molar-refractivity contribution in [2.24, 2.45) is 0 Å². The normalized spacial score (nSPS) is 10.8. The minimum absolute atomic E-state index is 0.370. The van der Waals surface area contributed by atoms with Crippen LogP contribution in [0.1, 0.15) is 20.9 Å². The van der Waals surface area contributed by atoms with Crippen molar-refractivity contribution in [2.45, 2.75) is 13.1 Å².